The van der Waals surface area contributed by atoms with Gasteiger partial charge in [0.1, 0.15) is 5.54 Å². The molecule has 1 saturated carbocycles. The number of nitrogens with one attached hydrogen (secondary N) is 2. The van der Waals surface area contributed by atoms with Gasteiger partial charge in [-0.15, -0.1) is 0 Å². The third-order valence-corrected chi connectivity index (χ3v) is 6.85. The summed E-state index contributed by atoms with van der Waals surface area (Å²) < 4.78 is 5.50. The summed E-state index contributed by atoms with van der Waals surface area (Å²) in [5.41, 5.74) is 3.94. The van der Waals surface area contributed by atoms with Crippen LogP contribution in [0.25, 0.3) is 0 Å². The number of ether oxygens (including phenoxy) is 1. The van der Waals surface area contributed by atoms with Gasteiger partial charge in [0.25, 0.3) is 0 Å². The number of likely N-dealkylation sites (N-methyl/N-ethyl adjacent to an activating group) is 1. The summed E-state index contributed by atoms with van der Waals surface area (Å²) in [6.45, 7) is 9.37. The molecule has 4 nitrogen and oxygen atoms in total. The number of hydrogen-bond acceptors (Lipinski definition) is 3. The standard InChI is InChI=1S/C24H38N2O2/c1-4-25-23(27)24(12-15-28-16-13-24)26-14-11-20-6-8-21(9-7-20)22-10-5-18(2)17-19(22)3/h5,10,17,20-21,26H,4,6-9,11-16H2,1-3H3,(H,25,27). The van der Waals surface area contributed by atoms with Gasteiger partial charge in [-0.3, -0.25) is 4.79 Å². The molecule has 1 aliphatic carbocycles. The fourth-order valence-electron chi connectivity index (χ4n) is 5.10. The van der Waals surface area contributed by atoms with Gasteiger partial charge in [-0.2, -0.15) is 0 Å². The van der Waals surface area contributed by atoms with Crippen molar-refractivity contribution in [3.63, 3.8) is 0 Å². The number of carbonyl (C=O) groups excluding carboxylic acids is 1. The van der Waals surface area contributed by atoms with Crippen LogP contribution in [0.2, 0.25) is 0 Å². The summed E-state index contributed by atoms with van der Waals surface area (Å²) >= 11 is 0. The van der Waals surface area contributed by atoms with Crippen molar-refractivity contribution in [2.75, 3.05) is 26.3 Å². The van der Waals surface area contributed by atoms with E-state index in [1.165, 1.54) is 43.2 Å². The lowest BCUT2D eigenvalue weighted by Crippen LogP contribution is -2.60. The molecule has 0 spiro atoms. The molecule has 2 fully saturated rings. The highest BCUT2D eigenvalue weighted by molar-refractivity contribution is 5.86. The van der Waals surface area contributed by atoms with Crippen molar-refractivity contribution in [2.45, 2.75) is 77.2 Å². The SMILES string of the molecule is CCNC(=O)C1(NCCC2CCC(c3ccc(C)cc3C)CC2)CCOCC1. The zero-order valence-corrected chi connectivity index (χ0v) is 18.0. The molecule has 1 aromatic carbocycles. The first-order valence-corrected chi connectivity index (χ1v) is 11.2. The molecular formula is C24H38N2O2. The van der Waals surface area contributed by atoms with E-state index in [9.17, 15) is 4.79 Å². The highest BCUT2D eigenvalue weighted by Gasteiger charge is 2.39. The molecule has 28 heavy (non-hydrogen) atoms. The predicted octanol–water partition coefficient (Wildman–Crippen LogP) is 4.24. The summed E-state index contributed by atoms with van der Waals surface area (Å²) in [5.74, 6) is 1.65. The van der Waals surface area contributed by atoms with Gasteiger partial charge in [0, 0.05) is 19.8 Å². The molecule has 0 unspecified atom stereocenters. The molecule has 0 bridgehead atoms. The van der Waals surface area contributed by atoms with Crippen LogP contribution in [0.15, 0.2) is 18.2 Å². The summed E-state index contributed by atoms with van der Waals surface area (Å²) in [4.78, 5) is 12.6. The number of carbonyl (C=O) groups is 1. The van der Waals surface area contributed by atoms with Crippen LogP contribution in [0, 0.1) is 19.8 Å². The van der Waals surface area contributed by atoms with Crippen molar-refractivity contribution < 1.29 is 9.53 Å². The summed E-state index contributed by atoms with van der Waals surface area (Å²) in [7, 11) is 0. The number of rotatable bonds is 7. The Labute approximate surface area is 170 Å². The third-order valence-electron chi connectivity index (χ3n) is 6.85. The molecule has 1 amide bonds. The average Bonchev–Trinajstić information content (AvgIpc) is 2.70. The lowest BCUT2D eigenvalue weighted by atomic mass is 9.76. The van der Waals surface area contributed by atoms with Crippen molar-refractivity contribution in [2.24, 2.45) is 5.92 Å². The number of aryl methyl sites for hydroxylation is 2. The molecule has 0 atom stereocenters. The monoisotopic (exact) mass is 386 g/mol. The minimum atomic E-state index is -0.426. The molecule has 0 aromatic heterocycles. The Balaban J connectivity index is 1.47. The largest absolute Gasteiger partial charge is 0.381 e. The van der Waals surface area contributed by atoms with Crippen molar-refractivity contribution in [1.29, 1.82) is 0 Å². The molecular weight excluding hydrogens is 348 g/mol. The Morgan fingerprint density at radius 1 is 1.14 bits per heavy atom. The van der Waals surface area contributed by atoms with E-state index in [1.54, 1.807) is 5.56 Å². The van der Waals surface area contributed by atoms with Crippen LogP contribution in [-0.2, 0) is 9.53 Å². The van der Waals surface area contributed by atoms with E-state index in [0.717, 1.165) is 31.2 Å². The Morgan fingerprint density at radius 3 is 2.50 bits per heavy atom. The minimum absolute atomic E-state index is 0.150. The number of benzene rings is 1. The van der Waals surface area contributed by atoms with E-state index in [4.69, 9.17) is 4.74 Å². The van der Waals surface area contributed by atoms with Crippen LogP contribution in [0.4, 0.5) is 0 Å². The third kappa shape index (κ3) is 5.15. The van der Waals surface area contributed by atoms with Crippen molar-refractivity contribution >= 4 is 5.91 Å². The minimum Gasteiger partial charge on any atom is -0.381 e. The quantitative estimate of drug-likeness (QED) is 0.737. The Hall–Kier alpha value is -1.39. The van der Waals surface area contributed by atoms with Crippen molar-refractivity contribution in [3.05, 3.63) is 34.9 Å². The smallest absolute Gasteiger partial charge is 0.240 e. The van der Waals surface area contributed by atoms with Crippen LogP contribution in [0.3, 0.4) is 0 Å². The van der Waals surface area contributed by atoms with Crippen LogP contribution < -0.4 is 10.6 Å². The first-order valence-electron chi connectivity index (χ1n) is 11.2. The van der Waals surface area contributed by atoms with Crippen LogP contribution in [0.5, 0.6) is 0 Å². The van der Waals surface area contributed by atoms with E-state index < -0.39 is 5.54 Å². The van der Waals surface area contributed by atoms with Crippen LogP contribution in [-0.4, -0.2) is 37.7 Å². The van der Waals surface area contributed by atoms with E-state index >= 15 is 0 Å². The molecule has 1 saturated heterocycles. The summed E-state index contributed by atoms with van der Waals surface area (Å²) in [6, 6.07) is 6.92. The van der Waals surface area contributed by atoms with Gasteiger partial charge in [0.2, 0.25) is 5.91 Å². The predicted molar refractivity (Wildman–Crippen MR) is 115 cm³/mol. The molecule has 2 N–H and O–H groups in total. The molecule has 3 rings (SSSR count). The fourth-order valence-corrected chi connectivity index (χ4v) is 5.10. The van der Waals surface area contributed by atoms with E-state index in [2.05, 4.69) is 42.7 Å². The average molecular weight is 387 g/mol. The second kappa shape index (κ2) is 9.89. The maximum Gasteiger partial charge on any atom is 0.240 e. The molecule has 4 heteroatoms. The molecule has 156 valence electrons. The Bertz CT molecular complexity index is 644. The van der Waals surface area contributed by atoms with Crippen molar-refractivity contribution in [3.8, 4) is 0 Å². The normalized spacial score (nSPS) is 24.7. The van der Waals surface area contributed by atoms with Crippen LogP contribution >= 0.6 is 0 Å². The molecule has 2 aliphatic rings. The van der Waals surface area contributed by atoms with Gasteiger partial charge >= 0.3 is 0 Å². The molecule has 1 heterocycles. The van der Waals surface area contributed by atoms with Crippen LogP contribution in [0.1, 0.15) is 74.5 Å². The van der Waals surface area contributed by atoms with Gasteiger partial charge in [-0.05, 0) is 95.2 Å². The highest BCUT2D eigenvalue weighted by atomic mass is 16.5. The van der Waals surface area contributed by atoms with Gasteiger partial charge in [0.05, 0.1) is 0 Å². The fraction of sp³-hybridized carbons (Fsp3) is 0.708. The van der Waals surface area contributed by atoms with Gasteiger partial charge in [-0.1, -0.05) is 23.8 Å². The second-order valence-electron chi connectivity index (χ2n) is 8.85. The highest BCUT2D eigenvalue weighted by Crippen LogP contribution is 2.38. The Kier molecular flexibility index (Phi) is 7.53. The molecule has 1 aromatic rings. The number of amides is 1. The maximum absolute atomic E-state index is 12.6. The zero-order valence-electron chi connectivity index (χ0n) is 18.0. The maximum atomic E-state index is 12.6. The first kappa shape index (κ1) is 21.3. The summed E-state index contributed by atoms with van der Waals surface area (Å²) in [6.07, 6.45) is 7.92. The van der Waals surface area contributed by atoms with E-state index in [-0.39, 0.29) is 5.91 Å². The molecule has 1 aliphatic heterocycles. The lowest BCUT2D eigenvalue weighted by Gasteiger charge is -2.37. The lowest BCUT2D eigenvalue weighted by molar-refractivity contribution is -0.131. The number of hydrogen-bond donors (Lipinski definition) is 2. The second-order valence-corrected chi connectivity index (χ2v) is 8.85. The zero-order chi connectivity index (χ0) is 20.0. The first-order chi connectivity index (χ1) is 13.5. The van der Waals surface area contributed by atoms with E-state index in [1.807, 2.05) is 6.92 Å². The Morgan fingerprint density at radius 2 is 1.86 bits per heavy atom. The van der Waals surface area contributed by atoms with E-state index in [0.29, 0.717) is 19.8 Å². The summed E-state index contributed by atoms with van der Waals surface area (Å²) in [5, 5.41) is 6.65. The topological polar surface area (TPSA) is 50.4 Å². The molecule has 0 radical (unpaired) electrons. The van der Waals surface area contributed by atoms with Gasteiger partial charge in [-0.25, -0.2) is 0 Å². The van der Waals surface area contributed by atoms with Gasteiger partial charge in [0.15, 0.2) is 0 Å². The van der Waals surface area contributed by atoms with Crippen molar-refractivity contribution in [1.82, 2.24) is 10.6 Å². The van der Waals surface area contributed by atoms with Gasteiger partial charge < -0.3 is 15.4 Å².